The van der Waals surface area contributed by atoms with E-state index < -0.39 is 0 Å². The lowest BCUT2D eigenvalue weighted by molar-refractivity contribution is -0.127. The van der Waals surface area contributed by atoms with Crippen molar-refractivity contribution < 1.29 is 9.53 Å². The molecule has 0 aromatic heterocycles. The lowest BCUT2D eigenvalue weighted by Gasteiger charge is -2.32. The Balaban J connectivity index is 0.00000264. The van der Waals surface area contributed by atoms with Crippen molar-refractivity contribution in [1.29, 1.82) is 0 Å². The maximum Gasteiger partial charge on any atom is 0.223 e. The van der Waals surface area contributed by atoms with Crippen LogP contribution >= 0.6 is 12.4 Å². The van der Waals surface area contributed by atoms with E-state index in [1.165, 1.54) is 0 Å². The number of hydrogen-bond acceptors (Lipinski definition) is 3. The van der Waals surface area contributed by atoms with Gasteiger partial charge < -0.3 is 15.4 Å². The SMILES string of the molecule is CC(C)COc1ccc(C(C)NC(=O)C(C)C2CNC2)cc1.Cl. The van der Waals surface area contributed by atoms with E-state index in [2.05, 4.69) is 24.5 Å². The quantitative estimate of drug-likeness (QED) is 0.801. The zero-order valence-electron chi connectivity index (χ0n) is 14.5. The van der Waals surface area contributed by atoms with Crippen molar-refractivity contribution in [3.63, 3.8) is 0 Å². The van der Waals surface area contributed by atoms with Gasteiger partial charge in [0.2, 0.25) is 5.91 Å². The van der Waals surface area contributed by atoms with E-state index in [1.807, 2.05) is 38.1 Å². The van der Waals surface area contributed by atoms with Gasteiger partial charge in [0, 0.05) is 5.92 Å². The van der Waals surface area contributed by atoms with Gasteiger partial charge in [-0.05, 0) is 49.5 Å². The monoisotopic (exact) mass is 340 g/mol. The highest BCUT2D eigenvalue weighted by Crippen LogP contribution is 2.20. The third-order valence-electron chi connectivity index (χ3n) is 4.26. The maximum atomic E-state index is 12.2. The minimum absolute atomic E-state index is 0. The molecule has 2 N–H and O–H groups in total. The van der Waals surface area contributed by atoms with Crippen LogP contribution < -0.4 is 15.4 Å². The van der Waals surface area contributed by atoms with Crippen LogP contribution in [0.4, 0.5) is 0 Å². The Bertz CT molecular complexity index is 486. The summed E-state index contributed by atoms with van der Waals surface area (Å²) in [6.07, 6.45) is 0. The highest BCUT2D eigenvalue weighted by atomic mass is 35.5. The molecule has 1 heterocycles. The van der Waals surface area contributed by atoms with Gasteiger partial charge in [0.1, 0.15) is 5.75 Å². The summed E-state index contributed by atoms with van der Waals surface area (Å²) in [5.74, 6) is 2.07. The number of carbonyl (C=O) groups is 1. The molecule has 1 aliphatic heterocycles. The standard InChI is InChI=1S/C18H28N2O2.ClH/c1-12(2)11-22-17-7-5-15(6-8-17)14(4)20-18(21)13(3)16-9-19-10-16;/h5-8,12-14,16,19H,9-11H2,1-4H3,(H,20,21);1H. The summed E-state index contributed by atoms with van der Waals surface area (Å²) < 4.78 is 5.68. The van der Waals surface area contributed by atoms with E-state index in [0.717, 1.165) is 31.0 Å². The first-order chi connectivity index (χ1) is 10.5. The Morgan fingerprint density at radius 3 is 2.30 bits per heavy atom. The molecule has 5 heteroatoms. The molecule has 0 radical (unpaired) electrons. The molecule has 2 unspecified atom stereocenters. The number of ether oxygens (including phenoxy) is 1. The molecule has 2 rings (SSSR count). The minimum Gasteiger partial charge on any atom is -0.493 e. The fraction of sp³-hybridized carbons (Fsp3) is 0.611. The average Bonchev–Trinajstić information content (AvgIpc) is 2.43. The van der Waals surface area contributed by atoms with Gasteiger partial charge in [-0.15, -0.1) is 12.4 Å². The molecular formula is C18H29ClN2O2. The third kappa shape index (κ3) is 5.70. The smallest absolute Gasteiger partial charge is 0.223 e. The van der Waals surface area contributed by atoms with Gasteiger partial charge >= 0.3 is 0 Å². The molecule has 130 valence electrons. The predicted octanol–water partition coefficient (Wildman–Crippen LogP) is 3.18. The summed E-state index contributed by atoms with van der Waals surface area (Å²) >= 11 is 0. The number of halogens is 1. The Morgan fingerprint density at radius 2 is 1.83 bits per heavy atom. The number of rotatable bonds is 7. The van der Waals surface area contributed by atoms with Crippen molar-refractivity contribution in [2.75, 3.05) is 19.7 Å². The van der Waals surface area contributed by atoms with Gasteiger partial charge in [-0.3, -0.25) is 4.79 Å². The first-order valence-electron chi connectivity index (χ1n) is 8.21. The molecular weight excluding hydrogens is 312 g/mol. The number of hydrogen-bond donors (Lipinski definition) is 2. The number of amides is 1. The highest BCUT2D eigenvalue weighted by Gasteiger charge is 2.29. The second-order valence-electron chi connectivity index (χ2n) is 6.71. The molecule has 1 aliphatic rings. The number of carbonyl (C=O) groups excluding carboxylic acids is 1. The summed E-state index contributed by atoms with van der Waals surface area (Å²) in [6.45, 7) is 10.9. The van der Waals surface area contributed by atoms with Crippen LogP contribution in [0.15, 0.2) is 24.3 Å². The molecule has 4 nitrogen and oxygen atoms in total. The van der Waals surface area contributed by atoms with Crippen LogP contribution in [0.3, 0.4) is 0 Å². The Kier molecular flexibility index (Phi) is 7.86. The number of benzene rings is 1. The molecule has 23 heavy (non-hydrogen) atoms. The van der Waals surface area contributed by atoms with Crippen molar-refractivity contribution in [3.05, 3.63) is 29.8 Å². The predicted molar refractivity (Wildman–Crippen MR) is 96.1 cm³/mol. The molecule has 1 aromatic rings. The van der Waals surface area contributed by atoms with Crippen LogP contribution in [0, 0.1) is 17.8 Å². The van der Waals surface area contributed by atoms with E-state index in [4.69, 9.17) is 4.74 Å². The first kappa shape index (κ1) is 19.8. The van der Waals surface area contributed by atoms with Gasteiger partial charge in [0.05, 0.1) is 12.6 Å². The summed E-state index contributed by atoms with van der Waals surface area (Å²) in [6, 6.07) is 8.01. The van der Waals surface area contributed by atoms with Crippen molar-refractivity contribution >= 4 is 18.3 Å². The van der Waals surface area contributed by atoms with E-state index in [-0.39, 0.29) is 30.3 Å². The van der Waals surface area contributed by atoms with Crippen LogP contribution in [-0.4, -0.2) is 25.6 Å². The van der Waals surface area contributed by atoms with Crippen molar-refractivity contribution in [2.24, 2.45) is 17.8 Å². The van der Waals surface area contributed by atoms with Gasteiger partial charge in [0.15, 0.2) is 0 Å². The van der Waals surface area contributed by atoms with Crippen LogP contribution in [0.2, 0.25) is 0 Å². The Hall–Kier alpha value is -1.26. The van der Waals surface area contributed by atoms with Gasteiger partial charge in [-0.25, -0.2) is 0 Å². The van der Waals surface area contributed by atoms with Crippen molar-refractivity contribution in [2.45, 2.75) is 33.7 Å². The Labute approximate surface area is 145 Å². The maximum absolute atomic E-state index is 12.2. The largest absolute Gasteiger partial charge is 0.493 e. The molecule has 0 bridgehead atoms. The van der Waals surface area contributed by atoms with Gasteiger partial charge in [0.25, 0.3) is 0 Å². The molecule has 0 aliphatic carbocycles. The normalized spacial score (nSPS) is 16.9. The van der Waals surface area contributed by atoms with E-state index in [0.29, 0.717) is 11.8 Å². The summed E-state index contributed by atoms with van der Waals surface area (Å²) in [5, 5.41) is 6.32. The van der Waals surface area contributed by atoms with Crippen molar-refractivity contribution in [1.82, 2.24) is 10.6 Å². The van der Waals surface area contributed by atoms with Crippen LogP contribution in [-0.2, 0) is 4.79 Å². The molecule has 2 atom stereocenters. The zero-order valence-corrected chi connectivity index (χ0v) is 15.3. The molecule has 0 saturated carbocycles. The Morgan fingerprint density at radius 1 is 1.22 bits per heavy atom. The molecule has 1 aromatic carbocycles. The lowest BCUT2D eigenvalue weighted by Crippen LogP contribution is -2.49. The third-order valence-corrected chi connectivity index (χ3v) is 4.26. The highest BCUT2D eigenvalue weighted by molar-refractivity contribution is 5.85. The zero-order chi connectivity index (χ0) is 16.1. The van der Waals surface area contributed by atoms with Crippen LogP contribution in [0.5, 0.6) is 5.75 Å². The summed E-state index contributed by atoms with van der Waals surface area (Å²) in [7, 11) is 0. The fourth-order valence-corrected chi connectivity index (χ4v) is 2.42. The lowest BCUT2D eigenvalue weighted by atomic mass is 9.88. The van der Waals surface area contributed by atoms with E-state index in [9.17, 15) is 4.79 Å². The van der Waals surface area contributed by atoms with Crippen LogP contribution in [0.1, 0.15) is 39.3 Å². The van der Waals surface area contributed by atoms with Crippen LogP contribution in [0.25, 0.3) is 0 Å². The second-order valence-corrected chi connectivity index (χ2v) is 6.71. The first-order valence-corrected chi connectivity index (χ1v) is 8.21. The number of nitrogens with one attached hydrogen (secondary N) is 2. The van der Waals surface area contributed by atoms with Crippen molar-refractivity contribution in [3.8, 4) is 5.75 Å². The average molecular weight is 341 g/mol. The minimum atomic E-state index is 0. The van der Waals surface area contributed by atoms with E-state index >= 15 is 0 Å². The van der Waals surface area contributed by atoms with Gasteiger partial charge in [-0.2, -0.15) is 0 Å². The molecule has 1 saturated heterocycles. The second kappa shape index (κ2) is 9.14. The summed E-state index contributed by atoms with van der Waals surface area (Å²) in [5.41, 5.74) is 1.10. The van der Waals surface area contributed by atoms with E-state index in [1.54, 1.807) is 0 Å². The topological polar surface area (TPSA) is 50.4 Å². The fourth-order valence-electron chi connectivity index (χ4n) is 2.42. The molecule has 1 amide bonds. The van der Waals surface area contributed by atoms with Gasteiger partial charge in [-0.1, -0.05) is 32.9 Å². The molecule has 1 fully saturated rings. The molecule has 0 spiro atoms. The summed E-state index contributed by atoms with van der Waals surface area (Å²) in [4.78, 5) is 12.2.